The zero-order chi connectivity index (χ0) is 15.5. The second kappa shape index (κ2) is 6.69. The molecule has 0 bridgehead atoms. The van der Waals surface area contributed by atoms with Crippen LogP contribution in [0.25, 0.3) is 0 Å². The number of hydrogen-bond acceptors (Lipinski definition) is 4. The van der Waals surface area contributed by atoms with Gasteiger partial charge in [0.25, 0.3) is 0 Å². The summed E-state index contributed by atoms with van der Waals surface area (Å²) < 4.78 is 27.7. The molecule has 118 valence electrons. The number of hydrogen-bond donors (Lipinski definition) is 2. The molecule has 1 fully saturated rings. The van der Waals surface area contributed by atoms with Crippen LogP contribution in [0.4, 0.5) is 0 Å². The zero-order valence-electron chi connectivity index (χ0n) is 12.8. The average molecular weight is 329 g/mol. The van der Waals surface area contributed by atoms with Crippen molar-refractivity contribution < 1.29 is 8.42 Å². The molecule has 0 radical (unpaired) electrons. The Kier molecular flexibility index (Phi) is 5.35. The number of rotatable bonds is 6. The van der Waals surface area contributed by atoms with Gasteiger partial charge in [-0.3, -0.25) is 0 Å². The Morgan fingerprint density at radius 2 is 2.19 bits per heavy atom. The molecule has 1 heterocycles. The fourth-order valence-corrected chi connectivity index (χ4v) is 4.98. The predicted molar refractivity (Wildman–Crippen MR) is 89.2 cm³/mol. The fraction of sp³-hybridized carbons (Fsp3) is 0.600. The maximum atomic E-state index is 12.5. The van der Waals surface area contributed by atoms with Gasteiger partial charge in [-0.15, -0.1) is 0 Å². The van der Waals surface area contributed by atoms with Crippen LogP contribution in [0.15, 0.2) is 29.2 Å². The normalized spacial score (nSPS) is 24.1. The average Bonchev–Trinajstić information content (AvgIpc) is 2.92. The van der Waals surface area contributed by atoms with Gasteiger partial charge in [0, 0.05) is 17.3 Å². The predicted octanol–water partition coefficient (Wildman–Crippen LogP) is 2.53. The Hall–Kier alpha value is -0.560. The van der Waals surface area contributed by atoms with Gasteiger partial charge in [0.05, 0.1) is 4.90 Å². The first-order valence-corrected chi connectivity index (χ1v) is 9.74. The van der Waals surface area contributed by atoms with Crippen LogP contribution in [0.1, 0.15) is 38.3 Å². The summed E-state index contributed by atoms with van der Waals surface area (Å²) in [7, 11) is -1.58. The van der Waals surface area contributed by atoms with E-state index in [2.05, 4.69) is 17.0 Å². The van der Waals surface area contributed by atoms with Crippen LogP contribution in [0.2, 0.25) is 0 Å². The van der Waals surface area contributed by atoms with Crippen LogP contribution in [0.5, 0.6) is 0 Å². The molecule has 0 saturated carbocycles. The molecule has 0 aromatic heterocycles. The molecule has 0 spiro atoms. The Balaban J connectivity index is 2.12. The van der Waals surface area contributed by atoms with E-state index in [4.69, 9.17) is 0 Å². The van der Waals surface area contributed by atoms with Crippen LogP contribution >= 0.6 is 11.8 Å². The van der Waals surface area contributed by atoms with Crippen LogP contribution in [0.3, 0.4) is 0 Å². The van der Waals surface area contributed by atoms with Crippen molar-refractivity contribution in [1.29, 1.82) is 0 Å². The first-order chi connectivity index (χ1) is 9.86. The molecule has 0 aliphatic carbocycles. The SMILES string of the molecule is CNC(C)c1cccc(S(=O)(=O)NCC2(C)CCCS2)c1. The van der Waals surface area contributed by atoms with Crippen molar-refractivity contribution in [3.63, 3.8) is 0 Å². The molecule has 1 aromatic rings. The van der Waals surface area contributed by atoms with E-state index >= 15 is 0 Å². The lowest BCUT2D eigenvalue weighted by Gasteiger charge is -2.23. The summed E-state index contributed by atoms with van der Waals surface area (Å²) >= 11 is 1.86. The summed E-state index contributed by atoms with van der Waals surface area (Å²) in [5.41, 5.74) is 0.974. The summed E-state index contributed by atoms with van der Waals surface area (Å²) in [5, 5.41) is 3.12. The Labute approximate surface area is 132 Å². The fourth-order valence-electron chi connectivity index (χ4n) is 2.42. The van der Waals surface area contributed by atoms with E-state index in [1.54, 1.807) is 18.2 Å². The van der Waals surface area contributed by atoms with E-state index in [9.17, 15) is 8.42 Å². The van der Waals surface area contributed by atoms with Gasteiger partial charge in [0.15, 0.2) is 0 Å². The minimum Gasteiger partial charge on any atom is -0.313 e. The summed E-state index contributed by atoms with van der Waals surface area (Å²) in [5.74, 6) is 1.12. The van der Waals surface area contributed by atoms with E-state index in [1.165, 1.54) is 0 Å². The lowest BCUT2D eigenvalue weighted by molar-refractivity contribution is 0.552. The second-order valence-corrected chi connectivity index (χ2v) is 9.26. The van der Waals surface area contributed by atoms with Crippen LogP contribution in [0, 0.1) is 0 Å². The summed E-state index contributed by atoms with van der Waals surface area (Å²) in [4.78, 5) is 0.341. The van der Waals surface area contributed by atoms with Crippen molar-refractivity contribution in [2.24, 2.45) is 0 Å². The summed E-state index contributed by atoms with van der Waals surface area (Å²) in [6, 6.07) is 7.26. The molecule has 2 N–H and O–H groups in total. The highest BCUT2D eigenvalue weighted by Gasteiger charge is 2.31. The van der Waals surface area contributed by atoms with Crippen LogP contribution in [-0.4, -0.2) is 32.5 Å². The van der Waals surface area contributed by atoms with E-state index in [-0.39, 0.29) is 10.8 Å². The zero-order valence-corrected chi connectivity index (χ0v) is 14.5. The van der Waals surface area contributed by atoms with Gasteiger partial charge in [0.2, 0.25) is 10.0 Å². The molecule has 1 saturated heterocycles. The van der Waals surface area contributed by atoms with Crippen LogP contribution in [-0.2, 0) is 10.0 Å². The lowest BCUT2D eigenvalue weighted by atomic mass is 10.1. The topological polar surface area (TPSA) is 58.2 Å². The van der Waals surface area contributed by atoms with Gasteiger partial charge in [-0.1, -0.05) is 12.1 Å². The highest BCUT2D eigenvalue weighted by atomic mass is 32.2. The van der Waals surface area contributed by atoms with E-state index in [1.807, 2.05) is 31.8 Å². The standard InChI is InChI=1S/C15H24N2O2S2/c1-12(16-3)13-6-4-7-14(10-13)21(18,19)17-11-15(2)8-5-9-20-15/h4,6-7,10,12,16-17H,5,8-9,11H2,1-3H3. The molecule has 1 aliphatic heterocycles. The largest absolute Gasteiger partial charge is 0.313 e. The van der Waals surface area contributed by atoms with Crippen molar-refractivity contribution in [2.75, 3.05) is 19.3 Å². The number of thioether (sulfide) groups is 1. The third kappa shape index (κ3) is 4.22. The van der Waals surface area contributed by atoms with Crippen molar-refractivity contribution in [1.82, 2.24) is 10.0 Å². The van der Waals surface area contributed by atoms with Gasteiger partial charge in [-0.05, 0) is 57.2 Å². The minimum absolute atomic E-state index is 0.0307. The van der Waals surface area contributed by atoms with Gasteiger partial charge >= 0.3 is 0 Å². The molecular formula is C15H24N2O2S2. The smallest absolute Gasteiger partial charge is 0.240 e. The first-order valence-electron chi connectivity index (χ1n) is 7.27. The van der Waals surface area contributed by atoms with Crippen LogP contribution < -0.4 is 10.0 Å². The van der Waals surface area contributed by atoms with Gasteiger partial charge in [-0.2, -0.15) is 11.8 Å². The van der Waals surface area contributed by atoms with Crippen molar-refractivity contribution in [3.8, 4) is 0 Å². The second-order valence-electron chi connectivity index (χ2n) is 5.81. The molecule has 4 nitrogen and oxygen atoms in total. The van der Waals surface area contributed by atoms with E-state index in [0.717, 1.165) is 24.2 Å². The van der Waals surface area contributed by atoms with Gasteiger partial charge in [-0.25, -0.2) is 13.1 Å². The molecular weight excluding hydrogens is 304 g/mol. The van der Waals surface area contributed by atoms with Crippen molar-refractivity contribution >= 4 is 21.8 Å². The molecule has 1 aliphatic rings. The summed E-state index contributed by atoms with van der Waals surface area (Å²) in [6.07, 6.45) is 2.23. The van der Waals surface area contributed by atoms with Gasteiger partial charge < -0.3 is 5.32 Å². The molecule has 6 heteroatoms. The number of nitrogens with one attached hydrogen (secondary N) is 2. The van der Waals surface area contributed by atoms with Gasteiger partial charge in [0.1, 0.15) is 0 Å². The number of benzene rings is 1. The highest BCUT2D eigenvalue weighted by molar-refractivity contribution is 8.01. The Morgan fingerprint density at radius 3 is 2.81 bits per heavy atom. The van der Waals surface area contributed by atoms with Crippen molar-refractivity contribution in [3.05, 3.63) is 29.8 Å². The number of sulfonamides is 1. The third-order valence-electron chi connectivity index (χ3n) is 4.04. The quantitative estimate of drug-likeness (QED) is 0.842. The third-order valence-corrected chi connectivity index (χ3v) is 6.98. The first kappa shape index (κ1) is 16.8. The van der Waals surface area contributed by atoms with E-state index in [0.29, 0.717) is 11.4 Å². The molecule has 0 amide bonds. The minimum atomic E-state index is -3.44. The maximum absolute atomic E-state index is 12.5. The molecule has 21 heavy (non-hydrogen) atoms. The Morgan fingerprint density at radius 1 is 1.43 bits per heavy atom. The molecule has 2 unspecified atom stereocenters. The molecule has 2 rings (SSSR count). The monoisotopic (exact) mass is 328 g/mol. The molecule has 2 atom stereocenters. The lowest BCUT2D eigenvalue weighted by Crippen LogP contribution is -2.36. The van der Waals surface area contributed by atoms with E-state index < -0.39 is 10.0 Å². The molecule has 1 aromatic carbocycles. The summed E-state index contributed by atoms with van der Waals surface area (Å²) in [6.45, 7) is 4.63. The van der Waals surface area contributed by atoms with Crippen molar-refractivity contribution in [2.45, 2.75) is 42.4 Å². The maximum Gasteiger partial charge on any atom is 0.240 e. The highest BCUT2D eigenvalue weighted by Crippen LogP contribution is 2.37. The Bertz CT molecular complexity index is 581.